The van der Waals surface area contributed by atoms with E-state index in [0.717, 1.165) is 16.8 Å². The number of aliphatic hydroxyl groups is 1. The van der Waals surface area contributed by atoms with E-state index in [9.17, 15) is 18.7 Å². The third kappa shape index (κ3) is 3.51. The Labute approximate surface area is 175 Å². The maximum atomic E-state index is 14.2. The van der Waals surface area contributed by atoms with Crippen LogP contribution in [0.3, 0.4) is 0 Å². The first-order valence-electron chi connectivity index (χ1n) is 9.23. The van der Waals surface area contributed by atoms with E-state index in [1.165, 1.54) is 22.0 Å². The number of benzene rings is 2. The summed E-state index contributed by atoms with van der Waals surface area (Å²) in [5.74, 6) is -1.95. The van der Waals surface area contributed by atoms with Crippen LogP contribution in [0.5, 0.6) is 11.5 Å². The van der Waals surface area contributed by atoms with Gasteiger partial charge in [-0.05, 0) is 55.1 Å². The van der Waals surface area contributed by atoms with E-state index in [4.69, 9.17) is 4.74 Å². The number of pyridine rings is 1. The molecular formula is C23H19F2NO3S. The third-order valence-corrected chi connectivity index (χ3v) is 5.84. The summed E-state index contributed by atoms with van der Waals surface area (Å²) in [5.41, 5.74) is 0.486. The molecule has 0 radical (unpaired) electrons. The van der Waals surface area contributed by atoms with Gasteiger partial charge in [-0.3, -0.25) is 4.79 Å². The molecule has 4 nitrogen and oxygen atoms in total. The van der Waals surface area contributed by atoms with Gasteiger partial charge in [-0.15, -0.1) is 11.3 Å². The second-order valence-corrected chi connectivity index (χ2v) is 8.46. The zero-order valence-corrected chi connectivity index (χ0v) is 17.4. The maximum Gasteiger partial charge on any atom is 0.259 e. The highest BCUT2D eigenvalue weighted by Gasteiger charge is 2.22. The number of halogens is 2. The van der Waals surface area contributed by atoms with Gasteiger partial charge in [-0.1, -0.05) is 12.1 Å². The fraction of sp³-hybridized carbons (Fsp3) is 0.174. The molecule has 0 spiro atoms. The fourth-order valence-electron chi connectivity index (χ4n) is 3.28. The van der Waals surface area contributed by atoms with Crippen LogP contribution in [0.15, 0.2) is 58.8 Å². The van der Waals surface area contributed by atoms with Crippen LogP contribution in [0.1, 0.15) is 19.4 Å². The minimum Gasteiger partial charge on any atom is -0.451 e. The van der Waals surface area contributed by atoms with Crippen LogP contribution in [-0.4, -0.2) is 9.67 Å². The number of para-hydroxylation sites is 1. The smallest absolute Gasteiger partial charge is 0.259 e. The molecule has 4 rings (SSSR count). The Morgan fingerprint density at radius 2 is 1.77 bits per heavy atom. The lowest BCUT2D eigenvalue weighted by molar-refractivity contribution is 0.0786. The van der Waals surface area contributed by atoms with Crippen molar-refractivity contribution in [2.75, 3.05) is 0 Å². The summed E-state index contributed by atoms with van der Waals surface area (Å²) < 4.78 is 36.3. The molecule has 0 bridgehead atoms. The summed E-state index contributed by atoms with van der Waals surface area (Å²) >= 11 is 1.39. The first kappa shape index (κ1) is 20.3. The van der Waals surface area contributed by atoms with Crippen LogP contribution in [0.25, 0.3) is 21.2 Å². The average molecular weight is 427 g/mol. The number of nitrogens with zero attached hydrogens (tertiary/aromatic N) is 1. The van der Waals surface area contributed by atoms with Crippen molar-refractivity contribution < 1.29 is 18.6 Å². The van der Waals surface area contributed by atoms with Crippen molar-refractivity contribution in [3.63, 3.8) is 0 Å². The first-order chi connectivity index (χ1) is 14.2. The quantitative estimate of drug-likeness (QED) is 0.464. The highest BCUT2D eigenvalue weighted by atomic mass is 32.1. The first-order valence-corrected chi connectivity index (χ1v) is 10.1. The van der Waals surface area contributed by atoms with Gasteiger partial charge in [-0.25, -0.2) is 8.78 Å². The number of rotatable bonds is 4. The van der Waals surface area contributed by atoms with Gasteiger partial charge in [0.1, 0.15) is 5.75 Å². The molecule has 7 heteroatoms. The summed E-state index contributed by atoms with van der Waals surface area (Å²) in [6.45, 7) is 3.29. The molecule has 154 valence electrons. The molecule has 30 heavy (non-hydrogen) atoms. The van der Waals surface area contributed by atoms with Crippen LogP contribution < -0.4 is 10.3 Å². The Morgan fingerprint density at radius 1 is 1.07 bits per heavy atom. The Hall–Kier alpha value is -3.03. The summed E-state index contributed by atoms with van der Waals surface area (Å²) in [4.78, 5) is 12.5. The molecule has 2 aromatic carbocycles. The predicted octanol–water partition coefficient (Wildman–Crippen LogP) is 5.56. The van der Waals surface area contributed by atoms with Crippen molar-refractivity contribution in [3.05, 3.63) is 81.6 Å². The SMILES string of the molecule is Cn1cc(-c2cc(C(C)(C)O)ccc2Oc2c(F)cccc2F)c2sccc2c1=O. The summed E-state index contributed by atoms with van der Waals surface area (Å²) in [5, 5.41) is 12.8. The van der Waals surface area contributed by atoms with Gasteiger partial charge in [0.15, 0.2) is 17.4 Å². The summed E-state index contributed by atoms with van der Waals surface area (Å²) in [6, 6.07) is 10.2. The van der Waals surface area contributed by atoms with Crippen LogP contribution in [0.2, 0.25) is 0 Å². The molecule has 0 saturated carbocycles. The molecule has 0 fully saturated rings. The minimum absolute atomic E-state index is 0.142. The lowest BCUT2D eigenvalue weighted by Gasteiger charge is -2.21. The molecule has 2 aromatic heterocycles. The molecule has 0 amide bonds. The van der Waals surface area contributed by atoms with Crippen LogP contribution in [0, 0.1) is 11.6 Å². The molecule has 0 unspecified atom stereocenters. The average Bonchev–Trinajstić information content (AvgIpc) is 3.17. The predicted molar refractivity (Wildman–Crippen MR) is 114 cm³/mol. The largest absolute Gasteiger partial charge is 0.451 e. The topological polar surface area (TPSA) is 51.5 Å². The van der Waals surface area contributed by atoms with Gasteiger partial charge in [0.05, 0.1) is 11.0 Å². The van der Waals surface area contributed by atoms with E-state index in [-0.39, 0.29) is 11.3 Å². The standard InChI is InChI=1S/C23H19F2NO3S/c1-23(2,28)13-7-8-19(29-20-17(24)5-4-6-18(20)25)15(11-13)16-12-26(3)22(27)14-9-10-30-21(14)16/h4-12,28H,1-3H3. The van der Waals surface area contributed by atoms with Gasteiger partial charge >= 0.3 is 0 Å². The van der Waals surface area contributed by atoms with Gasteiger partial charge < -0.3 is 14.4 Å². The van der Waals surface area contributed by atoms with Crippen LogP contribution >= 0.6 is 11.3 Å². The zero-order valence-electron chi connectivity index (χ0n) is 16.6. The van der Waals surface area contributed by atoms with Gasteiger partial charge in [0.2, 0.25) is 0 Å². The number of aryl methyl sites for hydroxylation is 1. The van der Waals surface area contributed by atoms with E-state index >= 15 is 0 Å². The monoisotopic (exact) mass is 427 g/mol. The summed E-state index contributed by atoms with van der Waals surface area (Å²) in [7, 11) is 1.64. The van der Waals surface area contributed by atoms with Gasteiger partial charge in [-0.2, -0.15) is 0 Å². The van der Waals surface area contributed by atoms with E-state index in [1.807, 2.05) is 5.38 Å². The molecular weight excluding hydrogens is 408 g/mol. The third-order valence-electron chi connectivity index (χ3n) is 4.89. The van der Waals surface area contributed by atoms with Crippen molar-refractivity contribution >= 4 is 21.4 Å². The molecule has 0 saturated heterocycles. The van der Waals surface area contributed by atoms with Gasteiger partial charge in [0, 0.05) is 29.1 Å². The minimum atomic E-state index is -1.15. The van der Waals surface area contributed by atoms with Crippen molar-refractivity contribution in [1.29, 1.82) is 0 Å². The second kappa shape index (κ2) is 7.34. The van der Waals surface area contributed by atoms with Crippen LogP contribution in [-0.2, 0) is 12.6 Å². The highest BCUT2D eigenvalue weighted by molar-refractivity contribution is 7.17. The molecule has 2 heterocycles. The Balaban J connectivity index is 1.99. The van der Waals surface area contributed by atoms with Crippen LogP contribution in [0.4, 0.5) is 8.78 Å². The molecule has 1 N–H and O–H groups in total. The van der Waals surface area contributed by atoms with Crippen molar-refractivity contribution in [2.45, 2.75) is 19.4 Å². The Bertz CT molecular complexity index is 1300. The van der Waals surface area contributed by atoms with E-state index in [1.54, 1.807) is 51.4 Å². The van der Waals surface area contributed by atoms with E-state index in [2.05, 4.69) is 0 Å². The fourth-order valence-corrected chi connectivity index (χ4v) is 4.19. The number of hydrogen-bond donors (Lipinski definition) is 1. The highest BCUT2D eigenvalue weighted by Crippen LogP contribution is 2.41. The Kier molecular flexibility index (Phi) is 4.95. The summed E-state index contributed by atoms with van der Waals surface area (Å²) in [6.07, 6.45) is 1.66. The molecule has 0 aliphatic rings. The zero-order chi connectivity index (χ0) is 21.6. The molecule has 0 aliphatic carbocycles. The number of hydrogen-bond acceptors (Lipinski definition) is 4. The van der Waals surface area contributed by atoms with E-state index < -0.39 is 23.0 Å². The lowest BCUT2D eigenvalue weighted by atomic mass is 9.94. The number of thiophene rings is 1. The van der Waals surface area contributed by atoms with Crippen molar-refractivity contribution in [2.24, 2.45) is 7.05 Å². The molecule has 0 atom stereocenters. The normalized spacial score (nSPS) is 11.8. The van der Waals surface area contributed by atoms with Gasteiger partial charge in [0.25, 0.3) is 5.56 Å². The van der Waals surface area contributed by atoms with Crippen molar-refractivity contribution in [3.8, 4) is 22.6 Å². The van der Waals surface area contributed by atoms with Crippen molar-refractivity contribution in [1.82, 2.24) is 4.57 Å². The second-order valence-electron chi connectivity index (χ2n) is 7.55. The number of aromatic nitrogens is 1. The maximum absolute atomic E-state index is 14.2. The molecule has 0 aliphatic heterocycles. The lowest BCUT2D eigenvalue weighted by Crippen LogP contribution is -2.17. The Morgan fingerprint density at radius 3 is 2.43 bits per heavy atom. The van der Waals surface area contributed by atoms with E-state index in [0.29, 0.717) is 22.1 Å². The number of fused-ring (bicyclic) bond motifs is 1. The number of ether oxygens (including phenoxy) is 1. The molecule has 4 aromatic rings.